The van der Waals surface area contributed by atoms with Crippen molar-refractivity contribution in [1.82, 2.24) is 20.2 Å². The second-order valence-corrected chi connectivity index (χ2v) is 7.89. The van der Waals surface area contributed by atoms with E-state index in [2.05, 4.69) is 32.5 Å². The molecule has 0 aliphatic carbocycles. The van der Waals surface area contributed by atoms with Crippen molar-refractivity contribution in [3.8, 4) is 11.3 Å². The average molecular weight is 444 g/mol. The van der Waals surface area contributed by atoms with Gasteiger partial charge in [-0.2, -0.15) is 0 Å². The first-order valence-corrected chi connectivity index (χ1v) is 10.6. The van der Waals surface area contributed by atoms with E-state index in [1.807, 2.05) is 23.6 Å². The number of anilines is 1. The Bertz CT molecular complexity index is 987. The zero-order chi connectivity index (χ0) is 21.3. The Morgan fingerprint density at radius 3 is 2.60 bits per heavy atom. The minimum Gasteiger partial charge on any atom is -0.314 e. The second kappa shape index (κ2) is 10.9. The lowest BCUT2D eigenvalue weighted by Crippen LogP contribution is -2.40. The minimum atomic E-state index is -0.387. The van der Waals surface area contributed by atoms with Gasteiger partial charge in [0.1, 0.15) is 5.69 Å². The van der Waals surface area contributed by atoms with Crippen molar-refractivity contribution in [3.63, 3.8) is 0 Å². The molecule has 9 heteroatoms. The molecule has 1 aliphatic heterocycles. The highest BCUT2D eigenvalue weighted by atomic mass is 35.5. The van der Waals surface area contributed by atoms with Gasteiger partial charge in [0.2, 0.25) is 0 Å². The number of piperazine rings is 1. The van der Waals surface area contributed by atoms with Crippen molar-refractivity contribution in [3.05, 3.63) is 64.3 Å². The molecular formula is C21H22ClN5O2S. The van der Waals surface area contributed by atoms with Crippen molar-refractivity contribution in [2.45, 2.75) is 0 Å². The monoisotopic (exact) mass is 443 g/mol. The van der Waals surface area contributed by atoms with E-state index in [0.717, 1.165) is 18.7 Å². The van der Waals surface area contributed by atoms with Gasteiger partial charge in [-0.1, -0.05) is 29.8 Å². The van der Waals surface area contributed by atoms with Crippen LogP contribution in [0.4, 0.5) is 5.13 Å². The van der Waals surface area contributed by atoms with Crippen molar-refractivity contribution in [2.24, 2.45) is 0 Å². The Labute approximate surface area is 184 Å². The Hall–Kier alpha value is -2.65. The molecular weight excluding hydrogens is 422 g/mol. The number of pyridine rings is 1. The number of amides is 1. The molecule has 1 amide bonds. The molecule has 2 N–H and O–H groups in total. The molecule has 0 spiro atoms. The number of nitrogens with zero attached hydrogens (tertiary/aromatic N) is 3. The fourth-order valence-electron chi connectivity index (χ4n) is 2.67. The highest BCUT2D eigenvalue weighted by molar-refractivity contribution is 7.14. The first-order valence-electron chi connectivity index (χ1n) is 9.39. The van der Waals surface area contributed by atoms with Gasteiger partial charge in [-0.25, -0.2) is 4.98 Å². The third-order valence-electron chi connectivity index (χ3n) is 4.37. The largest absolute Gasteiger partial charge is 0.314 e. The number of aromatic nitrogens is 2. The van der Waals surface area contributed by atoms with Crippen LogP contribution >= 0.6 is 22.9 Å². The minimum absolute atomic E-state index is 0.213. The molecule has 156 valence electrons. The summed E-state index contributed by atoms with van der Waals surface area (Å²) < 4.78 is 0. The molecule has 0 bridgehead atoms. The molecule has 0 radical (unpaired) electrons. The summed E-state index contributed by atoms with van der Waals surface area (Å²) >= 11 is 7.44. The van der Waals surface area contributed by atoms with E-state index in [4.69, 9.17) is 11.6 Å². The van der Waals surface area contributed by atoms with Crippen LogP contribution < -0.4 is 10.6 Å². The molecule has 0 unspecified atom stereocenters. The fraction of sp³-hybridized carbons (Fsp3) is 0.238. The van der Waals surface area contributed by atoms with Gasteiger partial charge in [0.15, 0.2) is 11.4 Å². The number of halogens is 1. The molecule has 4 rings (SSSR count). The standard InChI is InChI=1S/C16H10ClN3O2S.C5H12N2/c17-12-4-2-1-3-11(12)14-9-23-16(19-14)20-15(22)13-6-5-10(8-21)7-18-13;1-7-4-2-6-3-5-7/h1-9H,(H,19,20,22);6H,2-5H2,1H3. The number of aldehydes is 1. The highest BCUT2D eigenvalue weighted by Gasteiger charge is 2.12. The lowest BCUT2D eigenvalue weighted by molar-refractivity contribution is 0.102. The van der Waals surface area contributed by atoms with E-state index >= 15 is 0 Å². The van der Waals surface area contributed by atoms with E-state index in [1.54, 1.807) is 6.07 Å². The normalized spacial score (nSPS) is 13.8. The molecule has 30 heavy (non-hydrogen) atoms. The van der Waals surface area contributed by atoms with Crippen molar-refractivity contribution in [2.75, 3.05) is 38.5 Å². The highest BCUT2D eigenvalue weighted by Crippen LogP contribution is 2.30. The molecule has 1 saturated heterocycles. The maximum absolute atomic E-state index is 12.1. The second-order valence-electron chi connectivity index (χ2n) is 6.62. The maximum atomic E-state index is 12.1. The summed E-state index contributed by atoms with van der Waals surface area (Å²) in [4.78, 5) is 33.3. The topological polar surface area (TPSA) is 87.2 Å². The SMILES string of the molecule is CN1CCNCC1.O=Cc1ccc(C(=O)Nc2nc(-c3ccccc3Cl)cs2)nc1. The van der Waals surface area contributed by atoms with Gasteiger partial charge in [0.05, 0.1) is 5.69 Å². The smallest absolute Gasteiger partial charge is 0.276 e. The Morgan fingerprint density at radius 1 is 1.23 bits per heavy atom. The summed E-state index contributed by atoms with van der Waals surface area (Å²) in [5.41, 5.74) is 2.13. The van der Waals surface area contributed by atoms with E-state index in [9.17, 15) is 9.59 Å². The zero-order valence-electron chi connectivity index (χ0n) is 16.5. The van der Waals surface area contributed by atoms with E-state index in [-0.39, 0.29) is 11.6 Å². The number of likely N-dealkylation sites (N-methyl/N-ethyl adjacent to an activating group) is 1. The summed E-state index contributed by atoms with van der Waals surface area (Å²) in [7, 11) is 2.15. The average Bonchev–Trinajstić information content (AvgIpc) is 3.23. The van der Waals surface area contributed by atoms with Crippen molar-refractivity contribution < 1.29 is 9.59 Å². The quantitative estimate of drug-likeness (QED) is 0.600. The number of rotatable bonds is 4. The third-order valence-corrected chi connectivity index (χ3v) is 5.46. The van der Waals surface area contributed by atoms with Crippen molar-refractivity contribution >= 4 is 40.3 Å². The number of thiazole rings is 1. The number of benzene rings is 1. The van der Waals surface area contributed by atoms with Crippen LogP contribution in [0.3, 0.4) is 0 Å². The number of nitrogens with one attached hydrogen (secondary N) is 2. The lowest BCUT2D eigenvalue weighted by atomic mass is 10.2. The molecule has 1 aliphatic rings. The Morgan fingerprint density at radius 2 is 2.00 bits per heavy atom. The first-order chi connectivity index (χ1) is 14.6. The van der Waals surface area contributed by atoms with Gasteiger partial charge in [-0.3, -0.25) is 19.9 Å². The zero-order valence-corrected chi connectivity index (χ0v) is 18.0. The molecule has 0 saturated carbocycles. The van der Waals surface area contributed by atoms with Crippen LogP contribution in [0, 0.1) is 0 Å². The fourth-order valence-corrected chi connectivity index (χ4v) is 3.61. The lowest BCUT2D eigenvalue weighted by Gasteiger charge is -2.21. The van der Waals surface area contributed by atoms with Gasteiger partial charge in [0, 0.05) is 53.9 Å². The van der Waals surface area contributed by atoms with E-state index < -0.39 is 0 Å². The number of carbonyl (C=O) groups is 2. The number of hydrogen-bond acceptors (Lipinski definition) is 7. The van der Waals surface area contributed by atoms with Gasteiger partial charge in [-0.15, -0.1) is 11.3 Å². The summed E-state index contributed by atoms with van der Waals surface area (Å²) in [5, 5.41) is 8.82. The van der Waals surface area contributed by atoms with Crippen LogP contribution in [0.15, 0.2) is 48.0 Å². The van der Waals surface area contributed by atoms with E-state index in [1.165, 1.54) is 42.8 Å². The molecule has 7 nitrogen and oxygen atoms in total. The van der Waals surface area contributed by atoms with Crippen LogP contribution in [-0.4, -0.2) is 60.3 Å². The van der Waals surface area contributed by atoms with Crippen LogP contribution in [0.1, 0.15) is 20.8 Å². The molecule has 1 fully saturated rings. The van der Waals surface area contributed by atoms with Gasteiger partial charge in [-0.05, 0) is 25.2 Å². The summed E-state index contributed by atoms with van der Waals surface area (Å²) in [5.74, 6) is -0.387. The predicted molar refractivity (Wildman–Crippen MR) is 121 cm³/mol. The van der Waals surface area contributed by atoms with Crippen LogP contribution in [0.5, 0.6) is 0 Å². The number of hydrogen-bond donors (Lipinski definition) is 2. The van der Waals surface area contributed by atoms with Crippen LogP contribution in [-0.2, 0) is 0 Å². The summed E-state index contributed by atoms with van der Waals surface area (Å²) in [6.07, 6.45) is 2.02. The maximum Gasteiger partial charge on any atom is 0.276 e. The molecule has 1 aromatic carbocycles. The molecule has 2 aromatic heterocycles. The summed E-state index contributed by atoms with van der Waals surface area (Å²) in [6, 6.07) is 10.4. The molecule has 3 heterocycles. The third kappa shape index (κ3) is 6.17. The van der Waals surface area contributed by atoms with Gasteiger partial charge < -0.3 is 10.2 Å². The van der Waals surface area contributed by atoms with Gasteiger partial charge in [0.25, 0.3) is 5.91 Å². The molecule has 3 aromatic rings. The van der Waals surface area contributed by atoms with Crippen molar-refractivity contribution in [1.29, 1.82) is 0 Å². The van der Waals surface area contributed by atoms with Gasteiger partial charge >= 0.3 is 0 Å². The predicted octanol–water partition coefficient (Wildman–Crippen LogP) is 3.44. The Kier molecular flexibility index (Phi) is 8.04. The number of carbonyl (C=O) groups excluding carboxylic acids is 2. The molecule has 0 atom stereocenters. The first kappa shape index (κ1) is 22.0. The van der Waals surface area contributed by atoms with E-state index in [0.29, 0.717) is 27.7 Å². The Balaban J connectivity index is 0.000000310. The summed E-state index contributed by atoms with van der Waals surface area (Å²) in [6.45, 7) is 4.74. The van der Waals surface area contributed by atoms with Crippen LogP contribution in [0.25, 0.3) is 11.3 Å². The van der Waals surface area contributed by atoms with Crippen LogP contribution in [0.2, 0.25) is 5.02 Å².